The van der Waals surface area contributed by atoms with Crippen molar-refractivity contribution in [2.75, 3.05) is 0 Å². The Morgan fingerprint density at radius 3 is 1.51 bits per heavy atom. The molecule has 1 aromatic heterocycles. The lowest BCUT2D eigenvalue weighted by atomic mass is 9.80. The third-order valence-corrected chi connectivity index (χ3v) is 19.4. The van der Waals surface area contributed by atoms with Crippen molar-refractivity contribution in [3.63, 3.8) is 0 Å². The van der Waals surface area contributed by atoms with Gasteiger partial charge in [-0.1, -0.05) is 232 Å². The average Bonchev–Trinajstić information content (AvgIpc) is 3.87. The van der Waals surface area contributed by atoms with Gasteiger partial charge in [0.05, 0.1) is 0 Å². The van der Waals surface area contributed by atoms with Crippen LogP contribution in [0.2, 0.25) is 0 Å². The molecular weight excluding hydrogens is 801 g/mol. The third kappa shape index (κ3) is 5.38. The van der Waals surface area contributed by atoms with Crippen molar-refractivity contribution in [2.24, 2.45) is 0 Å². The predicted molar refractivity (Wildman–Crippen MR) is 278 cm³/mol. The molecule has 0 atom stereocenters. The fraction of sp³-hybridized carbons (Fsp3) is 0.0476. The Bertz CT molecular complexity index is 3690. The van der Waals surface area contributed by atoms with Crippen LogP contribution in [0.15, 0.2) is 235 Å². The quantitative estimate of drug-likeness (QED) is 0.0923. The number of para-hydroxylation sites is 1. The highest BCUT2D eigenvalue weighted by molar-refractivity contribution is 7.20. The smallest absolute Gasteiger partial charge is 0.180 e. The van der Waals surface area contributed by atoms with Gasteiger partial charge in [0.2, 0.25) is 0 Å². The van der Waals surface area contributed by atoms with Gasteiger partial charge in [0, 0.05) is 27.3 Å². The fourth-order valence-corrected chi connectivity index (χ4v) is 16.8. The van der Waals surface area contributed by atoms with Crippen molar-refractivity contribution in [3.05, 3.63) is 242 Å². The Balaban J connectivity index is 1.07. The van der Waals surface area contributed by atoms with E-state index in [9.17, 15) is 0 Å². The summed E-state index contributed by atoms with van der Waals surface area (Å²) in [7, 11) is -2.89. The van der Waals surface area contributed by atoms with Crippen molar-refractivity contribution in [3.8, 4) is 33.4 Å². The Kier molecular flexibility index (Phi) is 8.34. The summed E-state index contributed by atoms with van der Waals surface area (Å²) in [5.41, 5.74) is 12.0. The van der Waals surface area contributed by atoms with Gasteiger partial charge >= 0.3 is 0 Å². The largest absolute Gasteiger partial charge is 0.455 e. The van der Waals surface area contributed by atoms with Crippen LogP contribution >= 0.6 is 0 Å². The standard InChI is InChI=1S/C63H44OSi/c1-63(2)54-39-37-41-20-12-13-27-46(41)60(54)51-38-36-42(40-55(51)63)58-47-28-14-16-30-49(47)59(50-31-17-15-29-48(50)58)52-32-18-33-53-61-56(64-62(52)53)34-19-35-57(61)65(43-21-6-3-7-22-43,44-23-8-4-9-24-44)45-25-10-5-11-26-45/h3-40H,1-2H3. The zero-order valence-electron chi connectivity index (χ0n) is 36.3. The molecule has 11 aromatic carbocycles. The Morgan fingerprint density at radius 1 is 0.369 bits per heavy atom. The summed E-state index contributed by atoms with van der Waals surface area (Å²) in [6, 6.07) is 85.8. The first-order valence-electron chi connectivity index (χ1n) is 22.8. The monoisotopic (exact) mass is 844 g/mol. The molecule has 0 radical (unpaired) electrons. The molecule has 1 aliphatic carbocycles. The molecule has 1 aliphatic rings. The van der Waals surface area contributed by atoms with Crippen LogP contribution in [0.1, 0.15) is 25.0 Å². The van der Waals surface area contributed by atoms with E-state index in [0.717, 1.165) is 22.1 Å². The molecule has 2 heteroatoms. The van der Waals surface area contributed by atoms with E-state index in [4.69, 9.17) is 4.42 Å². The van der Waals surface area contributed by atoms with Gasteiger partial charge in [-0.3, -0.25) is 0 Å². The van der Waals surface area contributed by atoms with E-state index in [0.29, 0.717) is 0 Å². The highest BCUT2D eigenvalue weighted by Crippen LogP contribution is 2.53. The second kappa shape index (κ2) is 14.4. The van der Waals surface area contributed by atoms with Crippen molar-refractivity contribution in [1.29, 1.82) is 0 Å². The highest BCUT2D eigenvalue weighted by atomic mass is 28.3. The molecule has 0 aliphatic heterocycles. The van der Waals surface area contributed by atoms with Crippen LogP contribution in [0.25, 0.3) is 87.6 Å². The van der Waals surface area contributed by atoms with Crippen LogP contribution in [0.4, 0.5) is 0 Å². The van der Waals surface area contributed by atoms with Crippen molar-refractivity contribution < 1.29 is 4.42 Å². The summed E-state index contributed by atoms with van der Waals surface area (Å²) in [4.78, 5) is 0. The van der Waals surface area contributed by atoms with Crippen molar-refractivity contribution in [1.82, 2.24) is 0 Å². The number of benzene rings is 11. The van der Waals surface area contributed by atoms with Crippen LogP contribution in [0, 0.1) is 0 Å². The number of furan rings is 1. The number of rotatable bonds is 6. The average molecular weight is 845 g/mol. The van der Waals surface area contributed by atoms with E-state index in [1.807, 2.05) is 0 Å². The minimum atomic E-state index is -2.89. The lowest BCUT2D eigenvalue weighted by Gasteiger charge is -2.34. The van der Waals surface area contributed by atoms with E-state index in [-0.39, 0.29) is 5.41 Å². The van der Waals surface area contributed by atoms with Crippen LogP contribution in [-0.2, 0) is 5.41 Å². The first-order chi connectivity index (χ1) is 32.0. The van der Waals surface area contributed by atoms with Crippen LogP contribution < -0.4 is 20.7 Å². The summed E-state index contributed by atoms with van der Waals surface area (Å²) < 4.78 is 7.25. The van der Waals surface area contributed by atoms with Gasteiger partial charge in [-0.2, -0.15) is 0 Å². The Morgan fingerprint density at radius 2 is 0.892 bits per heavy atom. The zero-order valence-corrected chi connectivity index (χ0v) is 37.3. The summed E-state index contributed by atoms with van der Waals surface area (Å²) in [5.74, 6) is 0. The van der Waals surface area contributed by atoms with Gasteiger partial charge in [0.25, 0.3) is 0 Å². The molecule has 0 fully saturated rings. The van der Waals surface area contributed by atoms with Crippen LogP contribution in [0.5, 0.6) is 0 Å². The molecule has 0 N–H and O–H groups in total. The molecule has 0 saturated heterocycles. The third-order valence-electron chi connectivity index (χ3n) is 14.6. The summed E-state index contributed by atoms with van der Waals surface area (Å²) in [5, 5.41) is 15.2. The topological polar surface area (TPSA) is 13.1 Å². The first-order valence-corrected chi connectivity index (χ1v) is 24.8. The maximum atomic E-state index is 7.25. The molecule has 65 heavy (non-hydrogen) atoms. The molecule has 0 unspecified atom stereocenters. The predicted octanol–water partition coefficient (Wildman–Crippen LogP) is 14.1. The molecule has 13 rings (SSSR count). The summed E-state index contributed by atoms with van der Waals surface area (Å²) >= 11 is 0. The van der Waals surface area contributed by atoms with E-state index in [1.165, 1.54) is 97.4 Å². The summed E-state index contributed by atoms with van der Waals surface area (Å²) in [6.45, 7) is 4.78. The molecule has 1 nitrogen and oxygen atoms in total. The number of hydrogen-bond donors (Lipinski definition) is 0. The van der Waals surface area contributed by atoms with Gasteiger partial charge in [-0.15, -0.1) is 0 Å². The lowest BCUT2D eigenvalue weighted by molar-refractivity contribution is 0.661. The van der Waals surface area contributed by atoms with Crippen LogP contribution in [0.3, 0.4) is 0 Å². The SMILES string of the molecule is CC1(C)c2cc(-c3c4ccccc4c(-c4cccc5c4oc4cccc([Si](c6ccccc6)(c6ccccc6)c6ccccc6)c45)c4ccccc34)ccc2-c2c1ccc1ccccc21. The summed E-state index contributed by atoms with van der Waals surface area (Å²) in [6.07, 6.45) is 0. The van der Waals surface area contributed by atoms with E-state index >= 15 is 0 Å². The molecule has 0 saturated carbocycles. The van der Waals surface area contributed by atoms with E-state index in [1.54, 1.807) is 0 Å². The molecule has 0 bridgehead atoms. The maximum Gasteiger partial charge on any atom is 0.180 e. The van der Waals surface area contributed by atoms with Crippen molar-refractivity contribution in [2.45, 2.75) is 19.3 Å². The second-order valence-corrected chi connectivity index (χ2v) is 22.0. The van der Waals surface area contributed by atoms with Crippen LogP contribution in [-0.4, -0.2) is 8.07 Å². The number of hydrogen-bond acceptors (Lipinski definition) is 1. The lowest BCUT2D eigenvalue weighted by Crippen LogP contribution is -2.74. The Labute approximate surface area is 379 Å². The zero-order chi connectivity index (χ0) is 43.3. The van der Waals surface area contributed by atoms with Gasteiger partial charge in [0.1, 0.15) is 11.2 Å². The normalized spacial score (nSPS) is 13.2. The minimum Gasteiger partial charge on any atom is -0.455 e. The first kappa shape index (κ1) is 37.7. The highest BCUT2D eigenvalue weighted by Gasteiger charge is 2.43. The van der Waals surface area contributed by atoms with Gasteiger partial charge in [-0.05, 0) is 98.6 Å². The van der Waals surface area contributed by atoms with E-state index in [2.05, 4.69) is 244 Å². The fourth-order valence-electron chi connectivity index (χ4n) is 11.8. The van der Waals surface area contributed by atoms with Gasteiger partial charge < -0.3 is 4.42 Å². The molecule has 306 valence electrons. The number of fused-ring (bicyclic) bond motifs is 10. The van der Waals surface area contributed by atoms with Gasteiger partial charge in [0.15, 0.2) is 8.07 Å². The van der Waals surface area contributed by atoms with E-state index < -0.39 is 8.07 Å². The maximum absolute atomic E-state index is 7.25. The van der Waals surface area contributed by atoms with Crippen molar-refractivity contribution >= 4 is 83.1 Å². The molecule has 0 spiro atoms. The molecular formula is C63H44OSi. The molecule has 0 amide bonds. The van der Waals surface area contributed by atoms with Gasteiger partial charge in [-0.25, -0.2) is 0 Å². The molecule has 12 aromatic rings. The minimum absolute atomic E-state index is 0.145. The Hall–Kier alpha value is -7.78. The molecule has 1 heterocycles. The second-order valence-electron chi connectivity index (χ2n) is 18.2.